The molecular weight excluding hydrogens is 242 g/mol. The second-order valence-corrected chi connectivity index (χ2v) is 4.26. The minimum Gasteiger partial charge on any atom is -0.393 e. The zero-order valence-electron chi connectivity index (χ0n) is 8.33. The van der Waals surface area contributed by atoms with Gasteiger partial charge in [0.15, 0.2) is 0 Å². The summed E-state index contributed by atoms with van der Waals surface area (Å²) in [5.41, 5.74) is 1.25. The molecular formula is C11H16BrNO. The number of halogens is 1. The van der Waals surface area contributed by atoms with Gasteiger partial charge in [0.2, 0.25) is 0 Å². The highest BCUT2D eigenvalue weighted by molar-refractivity contribution is 9.10. The summed E-state index contributed by atoms with van der Waals surface area (Å²) in [6, 6.07) is 8.14. The summed E-state index contributed by atoms with van der Waals surface area (Å²) in [5, 5.41) is 12.3. The van der Waals surface area contributed by atoms with Crippen molar-refractivity contribution in [3.05, 3.63) is 34.3 Å². The Hall–Kier alpha value is -0.380. The van der Waals surface area contributed by atoms with E-state index in [4.69, 9.17) is 5.11 Å². The van der Waals surface area contributed by atoms with Gasteiger partial charge in [0.25, 0.3) is 0 Å². The fourth-order valence-corrected chi connectivity index (χ4v) is 1.60. The predicted molar refractivity (Wildman–Crippen MR) is 62.1 cm³/mol. The van der Waals surface area contributed by atoms with Crippen molar-refractivity contribution in [3.8, 4) is 0 Å². The molecule has 0 saturated heterocycles. The Kier molecular flexibility index (Phi) is 5.15. The maximum absolute atomic E-state index is 9.05. The van der Waals surface area contributed by atoms with Crippen molar-refractivity contribution in [2.24, 2.45) is 0 Å². The molecule has 0 spiro atoms. The molecule has 0 aliphatic heterocycles. The fraction of sp³-hybridized carbons (Fsp3) is 0.455. The summed E-state index contributed by atoms with van der Waals surface area (Å²) in [6.07, 6.45) is 0.575. The lowest BCUT2D eigenvalue weighted by molar-refractivity contribution is 0.183. The van der Waals surface area contributed by atoms with Crippen molar-refractivity contribution in [2.45, 2.75) is 26.0 Å². The van der Waals surface area contributed by atoms with E-state index in [2.05, 4.69) is 27.3 Å². The largest absolute Gasteiger partial charge is 0.393 e. The zero-order chi connectivity index (χ0) is 10.4. The van der Waals surface area contributed by atoms with Crippen LogP contribution >= 0.6 is 15.9 Å². The van der Waals surface area contributed by atoms with E-state index in [0.717, 1.165) is 24.0 Å². The van der Waals surface area contributed by atoms with Gasteiger partial charge >= 0.3 is 0 Å². The summed E-state index contributed by atoms with van der Waals surface area (Å²) >= 11 is 3.49. The van der Waals surface area contributed by atoms with Gasteiger partial charge in [-0.2, -0.15) is 0 Å². The molecule has 0 amide bonds. The van der Waals surface area contributed by atoms with Crippen LogP contribution in [0.25, 0.3) is 0 Å². The summed E-state index contributed by atoms with van der Waals surface area (Å²) in [5.74, 6) is 0. The van der Waals surface area contributed by atoms with Crippen molar-refractivity contribution < 1.29 is 5.11 Å². The van der Waals surface area contributed by atoms with E-state index >= 15 is 0 Å². The van der Waals surface area contributed by atoms with Crippen LogP contribution in [0.4, 0.5) is 0 Å². The van der Waals surface area contributed by atoms with Gasteiger partial charge in [-0.15, -0.1) is 0 Å². The molecule has 0 saturated carbocycles. The molecule has 0 aliphatic carbocycles. The van der Waals surface area contributed by atoms with E-state index in [9.17, 15) is 0 Å². The van der Waals surface area contributed by atoms with Crippen LogP contribution < -0.4 is 5.32 Å². The lowest BCUT2D eigenvalue weighted by Gasteiger charge is -2.07. The summed E-state index contributed by atoms with van der Waals surface area (Å²) < 4.78 is 1.13. The first-order valence-corrected chi connectivity index (χ1v) is 5.61. The predicted octanol–water partition coefficient (Wildman–Crippen LogP) is 2.31. The van der Waals surface area contributed by atoms with Crippen LogP contribution in [-0.2, 0) is 6.54 Å². The quantitative estimate of drug-likeness (QED) is 0.794. The third kappa shape index (κ3) is 4.22. The lowest BCUT2D eigenvalue weighted by atomic mass is 10.2. The zero-order valence-corrected chi connectivity index (χ0v) is 9.92. The van der Waals surface area contributed by atoms with Crippen LogP contribution in [0.15, 0.2) is 28.7 Å². The van der Waals surface area contributed by atoms with Crippen LogP contribution in [0.5, 0.6) is 0 Å². The Morgan fingerprint density at radius 2 is 2.14 bits per heavy atom. The second-order valence-electron chi connectivity index (χ2n) is 3.41. The highest BCUT2D eigenvalue weighted by Crippen LogP contribution is 2.15. The molecule has 0 unspecified atom stereocenters. The van der Waals surface area contributed by atoms with Crippen molar-refractivity contribution >= 4 is 15.9 Å². The van der Waals surface area contributed by atoms with E-state index in [1.807, 2.05) is 18.2 Å². The van der Waals surface area contributed by atoms with Gasteiger partial charge in [-0.1, -0.05) is 34.1 Å². The fourth-order valence-electron chi connectivity index (χ4n) is 1.18. The Morgan fingerprint density at radius 1 is 1.43 bits per heavy atom. The van der Waals surface area contributed by atoms with Crippen LogP contribution in [-0.4, -0.2) is 17.8 Å². The first kappa shape index (κ1) is 11.7. The molecule has 78 valence electrons. The SMILES string of the molecule is C[C@H](O)CCNCc1ccccc1Br. The third-order valence-corrected chi connectivity index (χ3v) is 2.79. The minimum absolute atomic E-state index is 0.221. The van der Waals surface area contributed by atoms with Crippen molar-refractivity contribution in [1.29, 1.82) is 0 Å². The second kappa shape index (κ2) is 6.17. The minimum atomic E-state index is -0.221. The molecule has 0 radical (unpaired) electrons. The number of hydrogen-bond acceptors (Lipinski definition) is 2. The van der Waals surface area contributed by atoms with Crippen LogP contribution in [0, 0.1) is 0 Å². The maximum atomic E-state index is 9.05. The first-order chi connectivity index (χ1) is 6.70. The van der Waals surface area contributed by atoms with Crippen molar-refractivity contribution in [3.63, 3.8) is 0 Å². The number of benzene rings is 1. The molecule has 0 aromatic heterocycles. The molecule has 1 aromatic carbocycles. The summed E-state index contributed by atoms with van der Waals surface area (Å²) in [6.45, 7) is 3.49. The smallest absolute Gasteiger partial charge is 0.0524 e. The molecule has 14 heavy (non-hydrogen) atoms. The normalized spacial score (nSPS) is 12.8. The molecule has 0 heterocycles. The molecule has 1 aromatic rings. The molecule has 1 atom stereocenters. The van der Waals surface area contributed by atoms with Crippen LogP contribution in [0.1, 0.15) is 18.9 Å². The topological polar surface area (TPSA) is 32.3 Å². The maximum Gasteiger partial charge on any atom is 0.0524 e. The van der Waals surface area contributed by atoms with Crippen molar-refractivity contribution in [2.75, 3.05) is 6.54 Å². The molecule has 2 nitrogen and oxygen atoms in total. The lowest BCUT2D eigenvalue weighted by Crippen LogP contribution is -2.18. The van der Waals surface area contributed by atoms with E-state index < -0.39 is 0 Å². The Morgan fingerprint density at radius 3 is 2.79 bits per heavy atom. The van der Waals surface area contributed by atoms with Crippen molar-refractivity contribution in [1.82, 2.24) is 5.32 Å². The van der Waals surface area contributed by atoms with E-state index in [0.29, 0.717) is 0 Å². The average molecular weight is 258 g/mol. The molecule has 0 bridgehead atoms. The van der Waals surface area contributed by atoms with Gasteiger partial charge < -0.3 is 10.4 Å². The van der Waals surface area contributed by atoms with E-state index in [1.54, 1.807) is 6.92 Å². The monoisotopic (exact) mass is 257 g/mol. The highest BCUT2D eigenvalue weighted by atomic mass is 79.9. The summed E-state index contributed by atoms with van der Waals surface area (Å²) in [4.78, 5) is 0. The standard InChI is InChI=1S/C11H16BrNO/c1-9(14)6-7-13-8-10-4-2-3-5-11(10)12/h2-5,9,13-14H,6-8H2,1H3/t9-/m0/s1. The Bertz CT molecular complexity index is 276. The number of hydrogen-bond donors (Lipinski definition) is 2. The number of aliphatic hydroxyl groups is 1. The van der Waals surface area contributed by atoms with E-state index in [-0.39, 0.29) is 6.10 Å². The number of nitrogens with one attached hydrogen (secondary N) is 1. The highest BCUT2D eigenvalue weighted by Gasteiger charge is 1.98. The number of aliphatic hydroxyl groups excluding tert-OH is 1. The van der Waals surface area contributed by atoms with E-state index in [1.165, 1.54) is 5.56 Å². The van der Waals surface area contributed by atoms with Gasteiger partial charge in [0.1, 0.15) is 0 Å². The summed E-state index contributed by atoms with van der Waals surface area (Å²) in [7, 11) is 0. The molecule has 2 N–H and O–H groups in total. The molecule has 0 fully saturated rings. The van der Waals surface area contributed by atoms with Crippen LogP contribution in [0.3, 0.4) is 0 Å². The molecule has 0 aliphatic rings. The van der Waals surface area contributed by atoms with Gasteiger partial charge in [0.05, 0.1) is 6.10 Å². The van der Waals surface area contributed by atoms with Gasteiger partial charge in [-0.3, -0.25) is 0 Å². The molecule has 1 rings (SSSR count). The van der Waals surface area contributed by atoms with Gasteiger partial charge in [-0.05, 0) is 31.5 Å². The third-order valence-electron chi connectivity index (χ3n) is 2.01. The Labute approximate surface area is 93.5 Å². The van der Waals surface area contributed by atoms with Crippen LogP contribution in [0.2, 0.25) is 0 Å². The average Bonchev–Trinajstić information content (AvgIpc) is 2.15. The first-order valence-electron chi connectivity index (χ1n) is 4.82. The van der Waals surface area contributed by atoms with Gasteiger partial charge in [0, 0.05) is 11.0 Å². The molecule has 3 heteroatoms. The number of rotatable bonds is 5. The Balaban J connectivity index is 2.28. The van der Waals surface area contributed by atoms with Gasteiger partial charge in [-0.25, -0.2) is 0 Å².